The summed E-state index contributed by atoms with van der Waals surface area (Å²) in [6.45, 7) is 2.30. The Bertz CT molecular complexity index is 1050. The van der Waals surface area contributed by atoms with Gasteiger partial charge in [0.15, 0.2) is 5.60 Å². The van der Waals surface area contributed by atoms with Crippen LogP contribution >= 0.6 is 0 Å². The quantitative estimate of drug-likeness (QED) is 0.781. The van der Waals surface area contributed by atoms with Crippen molar-refractivity contribution >= 4 is 11.6 Å². The first-order valence-electron chi connectivity index (χ1n) is 8.74. The van der Waals surface area contributed by atoms with Crippen molar-refractivity contribution in [3.63, 3.8) is 0 Å². The lowest BCUT2D eigenvalue weighted by atomic mass is 9.87. The fraction of sp³-hybridized carbons (Fsp3) is 0.130. The average molecular weight is 354 g/mol. The Kier molecular flexibility index (Phi) is 4.02. The molecule has 0 radical (unpaired) electrons. The number of hydrogen-bond donors (Lipinski definition) is 1. The minimum absolute atomic E-state index is 0.329. The molecule has 1 amide bonds. The van der Waals surface area contributed by atoms with Gasteiger partial charge in [-0.1, -0.05) is 60.2 Å². The van der Waals surface area contributed by atoms with Crippen LogP contribution in [0, 0.1) is 18.3 Å². The number of fused-ring (bicyclic) bond motifs is 1. The summed E-state index contributed by atoms with van der Waals surface area (Å²) in [4.78, 5) is 14.9. The maximum absolute atomic E-state index is 13.3. The van der Waals surface area contributed by atoms with Gasteiger partial charge in [0, 0.05) is 5.56 Å². The highest BCUT2D eigenvalue weighted by Gasteiger charge is 2.50. The lowest BCUT2D eigenvalue weighted by Gasteiger charge is -2.24. The summed E-state index contributed by atoms with van der Waals surface area (Å²) >= 11 is 0. The Morgan fingerprint density at radius 2 is 1.67 bits per heavy atom. The zero-order valence-corrected chi connectivity index (χ0v) is 14.9. The molecule has 1 atom stereocenters. The second-order valence-corrected chi connectivity index (χ2v) is 6.79. The maximum Gasteiger partial charge on any atom is 0.268 e. The molecule has 4 nitrogen and oxygen atoms in total. The normalized spacial score (nSPS) is 18.3. The average Bonchev–Trinajstić information content (AvgIpc) is 2.92. The second-order valence-electron chi connectivity index (χ2n) is 6.79. The van der Waals surface area contributed by atoms with E-state index in [0.29, 0.717) is 28.9 Å². The van der Waals surface area contributed by atoms with Gasteiger partial charge >= 0.3 is 0 Å². The molecule has 0 aliphatic carbocycles. The molecule has 0 fully saturated rings. The van der Waals surface area contributed by atoms with Crippen LogP contribution in [0.25, 0.3) is 0 Å². The molecule has 0 saturated carbocycles. The molecule has 1 aliphatic heterocycles. The first-order valence-corrected chi connectivity index (χ1v) is 8.74. The monoisotopic (exact) mass is 354 g/mol. The van der Waals surface area contributed by atoms with E-state index in [4.69, 9.17) is 5.26 Å². The number of anilines is 1. The Morgan fingerprint density at radius 1 is 1.00 bits per heavy atom. The van der Waals surface area contributed by atoms with Gasteiger partial charge in [0.2, 0.25) is 0 Å². The summed E-state index contributed by atoms with van der Waals surface area (Å²) < 4.78 is 0. The molecule has 27 heavy (non-hydrogen) atoms. The van der Waals surface area contributed by atoms with Gasteiger partial charge in [-0.05, 0) is 36.2 Å². The fourth-order valence-corrected chi connectivity index (χ4v) is 3.53. The van der Waals surface area contributed by atoms with Crippen molar-refractivity contribution in [3.8, 4) is 6.07 Å². The topological polar surface area (TPSA) is 64.3 Å². The molecule has 3 aromatic carbocycles. The molecule has 0 unspecified atom stereocenters. The standard InChI is InChI=1S/C23H18N2O2/c1-16-6-12-19(13-7-16)23(27)20-4-2-3-5-21(20)25(22(23)26)15-18-10-8-17(14-24)9-11-18/h2-13,27H,15H2,1H3/t23-/m1/s1. The van der Waals surface area contributed by atoms with Crippen LogP contribution in [0.15, 0.2) is 72.8 Å². The molecule has 0 saturated heterocycles. The van der Waals surface area contributed by atoms with Crippen LogP contribution < -0.4 is 4.90 Å². The van der Waals surface area contributed by atoms with E-state index in [1.807, 2.05) is 49.4 Å². The van der Waals surface area contributed by atoms with E-state index in [9.17, 15) is 9.90 Å². The highest BCUT2D eigenvalue weighted by Crippen LogP contribution is 2.44. The number of benzene rings is 3. The molecule has 0 aromatic heterocycles. The van der Waals surface area contributed by atoms with Crippen LogP contribution in [-0.2, 0) is 16.9 Å². The Balaban J connectivity index is 1.77. The highest BCUT2D eigenvalue weighted by molar-refractivity contribution is 6.09. The zero-order chi connectivity index (χ0) is 19.0. The van der Waals surface area contributed by atoms with E-state index < -0.39 is 5.60 Å². The third kappa shape index (κ3) is 2.69. The first-order chi connectivity index (χ1) is 13.0. The zero-order valence-electron chi connectivity index (χ0n) is 14.9. The molecule has 4 heteroatoms. The van der Waals surface area contributed by atoms with Crippen LogP contribution in [0.3, 0.4) is 0 Å². The number of nitrogens with zero attached hydrogens (tertiary/aromatic N) is 2. The van der Waals surface area contributed by atoms with Crippen molar-refractivity contribution in [1.29, 1.82) is 5.26 Å². The van der Waals surface area contributed by atoms with Gasteiger partial charge in [-0.2, -0.15) is 5.26 Å². The minimum atomic E-state index is -1.70. The predicted octanol–water partition coefficient (Wildman–Crippen LogP) is 3.65. The van der Waals surface area contributed by atoms with Crippen molar-refractivity contribution in [1.82, 2.24) is 0 Å². The number of rotatable bonds is 3. The van der Waals surface area contributed by atoms with Crippen molar-refractivity contribution in [2.45, 2.75) is 19.1 Å². The molecule has 1 heterocycles. The van der Waals surface area contributed by atoms with E-state index in [1.54, 1.807) is 35.2 Å². The molecular formula is C23H18N2O2. The summed E-state index contributed by atoms with van der Waals surface area (Å²) in [6, 6.07) is 23.9. The van der Waals surface area contributed by atoms with Gasteiger partial charge in [-0.15, -0.1) is 0 Å². The van der Waals surface area contributed by atoms with Crippen LogP contribution in [-0.4, -0.2) is 11.0 Å². The van der Waals surface area contributed by atoms with E-state index in [1.165, 1.54) is 0 Å². The Morgan fingerprint density at radius 3 is 2.33 bits per heavy atom. The van der Waals surface area contributed by atoms with Crippen LogP contribution in [0.1, 0.15) is 27.8 Å². The number of amides is 1. The van der Waals surface area contributed by atoms with Gasteiger partial charge < -0.3 is 10.0 Å². The third-order valence-electron chi connectivity index (χ3n) is 5.03. The lowest BCUT2D eigenvalue weighted by molar-refractivity contribution is -0.132. The Hall–Kier alpha value is -3.42. The molecule has 1 aliphatic rings. The molecule has 0 bridgehead atoms. The van der Waals surface area contributed by atoms with Crippen molar-refractivity contribution in [2.75, 3.05) is 4.90 Å². The SMILES string of the molecule is Cc1ccc([C@]2(O)C(=O)N(Cc3ccc(C#N)cc3)c3ccccc32)cc1. The Labute approximate surface area is 157 Å². The first kappa shape index (κ1) is 17.0. The fourth-order valence-electron chi connectivity index (χ4n) is 3.53. The maximum atomic E-state index is 13.3. The molecule has 0 spiro atoms. The molecule has 132 valence electrons. The van der Waals surface area contributed by atoms with Gasteiger partial charge in [0.25, 0.3) is 5.91 Å². The number of nitriles is 1. The predicted molar refractivity (Wildman–Crippen MR) is 103 cm³/mol. The number of aliphatic hydroxyl groups is 1. The van der Waals surface area contributed by atoms with Crippen LogP contribution in [0.5, 0.6) is 0 Å². The van der Waals surface area contributed by atoms with E-state index in [-0.39, 0.29) is 5.91 Å². The molecule has 1 N–H and O–H groups in total. The van der Waals surface area contributed by atoms with Crippen LogP contribution in [0.4, 0.5) is 5.69 Å². The number of carbonyl (C=O) groups is 1. The van der Waals surface area contributed by atoms with Gasteiger partial charge in [0.1, 0.15) is 0 Å². The van der Waals surface area contributed by atoms with Crippen molar-refractivity contribution in [3.05, 3.63) is 101 Å². The van der Waals surface area contributed by atoms with Gasteiger partial charge in [-0.25, -0.2) is 0 Å². The van der Waals surface area contributed by atoms with Crippen molar-refractivity contribution < 1.29 is 9.90 Å². The summed E-state index contributed by atoms with van der Waals surface area (Å²) in [5.74, 6) is -0.364. The minimum Gasteiger partial charge on any atom is -0.372 e. The molecular weight excluding hydrogens is 336 g/mol. The lowest BCUT2D eigenvalue weighted by Crippen LogP contribution is -2.40. The number of aryl methyl sites for hydroxylation is 1. The van der Waals surface area contributed by atoms with Gasteiger partial charge in [-0.3, -0.25) is 4.79 Å². The second kappa shape index (κ2) is 6.39. The van der Waals surface area contributed by atoms with Gasteiger partial charge in [0.05, 0.1) is 23.9 Å². The van der Waals surface area contributed by atoms with E-state index >= 15 is 0 Å². The highest BCUT2D eigenvalue weighted by atomic mass is 16.3. The summed E-state index contributed by atoms with van der Waals surface area (Å²) in [5.41, 5.74) is 2.69. The van der Waals surface area contributed by atoms with Crippen molar-refractivity contribution in [2.24, 2.45) is 0 Å². The summed E-state index contributed by atoms with van der Waals surface area (Å²) in [6.07, 6.45) is 0. The number of hydrogen-bond acceptors (Lipinski definition) is 3. The third-order valence-corrected chi connectivity index (χ3v) is 5.03. The van der Waals surface area contributed by atoms with E-state index in [2.05, 4.69) is 6.07 Å². The summed E-state index contributed by atoms with van der Waals surface area (Å²) in [7, 11) is 0. The number of para-hydroxylation sites is 1. The number of carbonyl (C=O) groups excluding carboxylic acids is 1. The molecule has 4 rings (SSSR count). The van der Waals surface area contributed by atoms with E-state index in [0.717, 1.165) is 11.1 Å². The largest absolute Gasteiger partial charge is 0.372 e. The summed E-state index contributed by atoms with van der Waals surface area (Å²) in [5, 5.41) is 20.4. The molecule has 3 aromatic rings. The smallest absolute Gasteiger partial charge is 0.268 e. The van der Waals surface area contributed by atoms with Crippen LogP contribution in [0.2, 0.25) is 0 Å².